The summed E-state index contributed by atoms with van der Waals surface area (Å²) in [6.45, 7) is 0.155. The third kappa shape index (κ3) is 2.51. The van der Waals surface area contributed by atoms with Gasteiger partial charge >= 0.3 is 0 Å². The van der Waals surface area contributed by atoms with Gasteiger partial charge in [-0.1, -0.05) is 23.7 Å². The van der Waals surface area contributed by atoms with E-state index in [2.05, 4.69) is 10.3 Å². The minimum atomic E-state index is -0.500. The van der Waals surface area contributed by atoms with E-state index in [9.17, 15) is 9.18 Å². The average molecular weight is 268 g/mol. The Morgan fingerprint density at radius 2 is 2.33 bits per heavy atom. The topological polar surface area (TPSA) is 46.9 Å². The molecule has 1 amide bonds. The molecular weight excluding hydrogens is 257 g/mol. The van der Waals surface area contributed by atoms with Crippen molar-refractivity contribution in [3.8, 4) is 0 Å². The highest BCUT2D eigenvalue weighted by atomic mass is 35.5. The van der Waals surface area contributed by atoms with Crippen LogP contribution in [0.4, 0.5) is 4.39 Å². The van der Waals surface area contributed by atoms with Gasteiger partial charge in [0.1, 0.15) is 5.82 Å². The first-order chi connectivity index (χ1) is 8.59. The number of hydrogen-bond acceptors (Lipinski definition) is 2. The summed E-state index contributed by atoms with van der Waals surface area (Å²) in [6, 6.07) is 4.47. The van der Waals surface area contributed by atoms with Gasteiger partial charge in [0.25, 0.3) is 5.91 Å². The Hall–Kier alpha value is -1.88. The summed E-state index contributed by atoms with van der Waals surface area (Å²) in [7, 11) is 1.72. The lowest BCUT2D eigenvalue weighted by molar-refractivity contribution is 0.0937. The van der Waals surface area contributed by atoms with Crippen molar-refractivity contribution < 1.29 is 9.18 Å². The van der Waals surface area contributed by atoms with E-state index in [1.165, 1.54) is 12.3 Å². The molecule has 1 aromatic carbocycles. The highest BCUT2D eigenvalue weighted by Crippen LogP contribution is 2.19. The Balaban J connectivity index is 2.06. The number of benzene rings is 1. The van der Waals surface area contributed by atoms with Gasteiger partial charge in [-0.05, 0) is 11.6 Å². The number of carbonyl (C=O) groups is 1. The van der Waals surface area contributed by atoms with Gasteiger partial charge in [-0.3, -0.25) is 4.79 Å². The predicted octanol–water partition coefficient (Wildman–Crippen LogP) is 2.14. The number of nitrogens with zero attached hydrogens (tertiary/aromatic N) is 2. The lowest BCUT2D eigenvalue weighted by Crippen LogP contribution is -2.25. The van der Waals surface area contributed by atoms with Crippen LogP contribution < -0.4 is 5.32 Å². The maximum Gasteiger partial charge on any atom is 0.287 e. The molecule has 0 bridgehead atoms. The highest BCUT2D eigenvalue weighted by molar-refractivity contribution is 6.31. The van der Waals surface area contributed by atoms with Crippen LogP contribution in [-0.4, -0.2) is 15.5 Å². The van der Waals surface area contributed by atoms with Gasteiger partial charge in [-0.2, -0.15) is 0 Å². The zero-order chi connectivity index (χ0) is 13.1. The fraction of sp³-hybridized carbons (Fsp3) is 0.167. The van der Waals surface area contributed by atoms with Crippen LogP contribution in [0.3, 0.4) is 0 Å². The van der Waals surface area contributed by atoms with Crippen LogP contribution >= 0.6 is 11.6 Å². The smallest absolute Gasteiger partial charge is 0.287 e. The second kappa shape index (κ2) is 5.18. The van der Waals surface area contributed by atoms with Gasteiger partial charge < -0.3 is 9.88 Å². The molecule has 94 valence electrons. The van der Waals surface area contributed by atoms with Crippen molar-refractivity contribution in [2.24, 2.45) is 7.05 Å². The fourth-order valence-electron chi connectivity index (χ4n) is 1.52. The van der Waals surface area contributed by atoms with Gasteiger partial charge in [0.05, 0.1) is 5.02 Å². The molecule has 0 aliphatic rings. The summed E-state index contributed by atoms with van der Waals surface area (Å²) in [4.78, 5) is 15.7. The predicted molar refractivity (Wildman–Crippen MR) is 65.8 cm³/mol. The Kier molecular flexibility index (Phi) is 3.62. The van der Waals surface area contributed by atoms with E-state index >= 15 is 0 Å². The quantitative estimate of drug-likeness (QED) is 0.926. The lowest BCUT2D eigenvalue weighted by Gasteiger charge is -2.07. The number of aromatic nitrogens is 2. The van der Waals surface area contributed by atoms with Gasteiger partial charge in [-0.15, -0.1) is 0 Å². The number of rotatable bonds is 3. The number of amides is 1. The maximum absolute atomic E-state index is 13.2. The molecule has 0 radical (unpaired) electrons. The summed E-state index contributed by atoms with van der Waals surface area (Å²) < 4.78 is 14.8. The second-order valence-corrected chi connectivity index (χ2v) is 4.14. The molecule has 1 aromatic heterocycles. The Morgan fingerprint density at radius 3 is 3.00 bits per heavy atom. The number of nitrogens with one attached hydrogen (secondary N) is 1. The van der Waals surface area contributed by atoms with Crippen LogP contribution in [-0.2, 0) is 13.6 Å². The zero-order valence-electron chi connectivity index (χ0n) is 9.65. The van der Waals surface area contributed by atoms with Gasteiger partial charge in [0.15, 0.2) is 5.82 Å². The highest BCUT2D eigenvalue weighted by Gasteiger charge is 2.11. The van der Waals surface area contributed by atoms with Crippen LogP contribution in [0.5, 0.6) is 0 Å². The Labute approximate surface area is 108 Å². The summed E-state index contributed by atoms with van der Waals surface area (Å²) >= 11 is 5.79. The normalized spacial score (nSPS) is 10.4. The SMILES string of the molecule is Cn1ccnc1C(=O)NCc1cccc(F)c1Cl. The lowest BCUT2D eigenvalue weighted by atomic mass is 10.2. The molecule has 4 nitrogen and oxygen atoms in total. The molecule has 0 atom stereocenters. The zero-order valence-corrected chi connectivity index (χ0v) is 10.4. The molecule has 0 aliphatic carbocycles. The number of halogens is 2. The molecule has 0 saturated carbocycles. The molecule has 18 heavy (non-hydrogen) atoms. The third-order valence-corrected chi connectivity index (χ3v) is 2.92. The number of carbonyl (C=O) groups excluding carboxylic acids is 1. The second-order valence-electron chi connectivity index (χ2n) is 3.76. The molecule has 1 heterocycles. The van der Waals surface area contributed by atoms with Crippen molar-refractivity contribution in [3.05, 3.63) is 52.8 Å². The third-order valence-electron chi connectivity index (χ3n) is 2.50. The van der Waals surface area contributed by atoms with Gasteiger partial charge in [0, 0.05) is 26.0 Å². The van der Waals surface area contributed by atoms with Crippen LogP contribution in [0.25, 0.3) is 0 Å². The summed E-state index contributed by atoms with van der Waals surface area (Å²) in [6.07, 6.45) is 3.20. The van der Waals surface area contributed by atoms with E-state index in [0.29, 0.717) is 11.4 Å². The molecule has 0 fully saturated rings. The Bertz CT molecular complexity index is 582. The van der Waals surface area contributed by atoms with Crippen molar-refractivity contribution in [1.29, 1.82) is 0 Å². The van der Waals surface area contributed by atoms with E-state index < -0.39 is 5.82 Å². The molecule has 0 unspecified atom stereocenters. The Morgan fingerprint density at radius 1 is 1.56 bits per heavy atom. The average Bonchev–Trinajstić information content (AvgIpc) is 2.77. The monoisotopic (exact) mass is 267 g/mol. The summed E-state index contributed by atoms with van der Waals surface area (Å²) in [5.74, 6) is -0.536. The first kappa shape index (κ1) is 12.6. The largest absolute Gasteiger partial charge is 0.345 e. The maximum atomic E-state index is 13.2. The molecule has 1 N–H and O–H groups in total. The number of hydrogen-bond donors (Lipinski definition) is 1. The molecule has 0 spiro atoms. The van der Waals surface area contributed by atoms with E-state index in [1.54, 1.807) is 29.9 Å². The molecule has 0 saturated heterocycles. The first-order valence-electron chi connectivity index (χ1n) is 5.28. The van der Waals surface area contributed by atoms with E-state index in [4.69, 9.17) is 11.6 Å². The molecule has 6 heteroatoms. The number of imidazole rings is 1. The standard InChI is InChI=1S/C12H11ClFN3O/c1-17-6-5-15-11(17)12(18)16-7-8-3-2-4-9(14)10(8)13/h2-6H,7H2,1H3,(H,16,18). The van der Waals surface area contributed by atoms with Crippen LogP contribution in [0.1, 0.15) is 16.2 Å². The minimum absolute atomic E-state index is 0.0256. The van der Waals surface area contributed by atoms with Crippen LogP contribution in [0, 0.1) is 5.82 Å². The van der Waals surface area contributed by atoms with Crippen molar-refractivity contribution >= 4 is 17.5 Å². The van der Waals surface area contributed by atoms with Crippen molar-refractivity contribution in [2.75, 3.05) is 0 Å². The minimum Gasteiger partial charge on any atom is -0.345 e. The fourth-order valence-corrected chi connectivity index (χ4v) is 1.72. The first-order valence-corrected chi connectivity index (χ1v) is 5.66. The van der Waals surface area contributed by atoms with E-state index in [1.807, 2.05) is 0 Å². The van der Waals surface area contributed by atoms with Crippen LogP contribution in [0.15, 0.2) is 30.6 Å². The van der Waals surface area contributed by atoms with Gasteiger partial charge in [-0.25, -0.2) is 9.37 Å². The summed E-state index contributed by atoms with van der Waals surface area (Å²) in [5.41, 5.74) is 0.527. The van der Waals surface area contributed by atoms with E-state index in [-0.39, 0.29) is 17.5 Å². The molecule has 2 rings (SSSR count). The number of aryl methyl sites for hydroxylation is 1. The molecular formula is C12H11ClFN3O. The molecule has 2 aromatic rings. The molecule has 0 aliphatic heterocycles. The van der Waals surface area contributed by atoms with Crippen molar-refractivity contribution in [2.45, 2.75) is 6.54 Å². The summed E-state index contributed by atoms with van der Waals surface area (Å²) in [5, 5.41) is 2.66. The van der Waals surface area contributed by atoms with Crippen LogP contribution in [0.2, 0.25) is 5.02 Å². The van der Waals surface area contributed by atoms with Crippen molar-refractivity contribution in [1.82, 2.24) is 14.9 Å². The van der Waals surface area contributed by atoms with E-state index in [0.717, 1.165) is 0 Å². The van der Waals surface area contributed by atoms with Gasteiger partial charge in [0.2, 0.25) is 0 Å². The van der Waals surface area contributed by atoms with Crippen molar-refractivity contribution in [3.63, 3.8) is 0 Å².